The van der Waals surface area contributed by atoms with Gasteiger partial charge in [-0.15, -0.1) is 0 Å². The third-order valence-electron chi connectivity index (χ3n) is 4.84. The van der Waals surface area contributed by atoms with Crippen LogP contribution in [0, 0.1) is 0 Å². The summed E-state index contributed by atoms with van der Waals surface area (Å²) in [6.45, 7) is 6.52. The number of hydrogen-bond donors (Lipinski definition) is 1. The molecule has 25 heavy (non-hydrogen) atoms. The van der Waals surface area contributed by atoms with Gasteiger partial charge in [0, 0.05) is 44.6 Å². The van der Waals surface area contributed by atoms with E-state index >= 15 is 0 Å². The number of morpholine rings is 1. The molecule has 1 fully saturated rings. The van der Waals surface area contributed by atoms with E-state index in [2.05, 4.69) is 44.4 Å². The zero-order chi connectivity index (χ0) is 16.9. The van der Waals surface area contributed by atoms with E-state index in [0.29, 0.717) is 5.95 Å². The number of nitrogens with zero attached hydrogens (tertiary/aromatic N) is 4. The molecular formula is C19H25N5O. The second-order valence-electron chi connectivity index (χ2n) is 6.50. The molecule has 1 aromatic carbocycles. The van der Waals surface area contributed by atoms with Gasteiger partial charge >= 0.3 is 0 Å². The highest BCUT2D eigenvalue weighted by Gasteiger charge is 2.19. The van der Waals surface area contributed by atoms with Gasteiger partial charge < -0.3 is 15.0 Å². The van der Waals surface area contributed by atoms with E-state index in [1.807, 2.05) is 12.3 Å². The van der Waals surface area contributed by atoms with Crippen LogP contribution in [-0.4, -0.2) is 60.8 Å². The largest absolute Gasteiger partial charge is 0.379 e. The van der Waals surface area contributed by atoms with Crippen LogP contribution >= 0.6 is 0 Å². The van der Waals surface area contributed by atoms with Gasteiger partial charge in [-0.2, -0.15) is 4.98 Å². The highest BCUT2D eigenvalue weighted by molar-refractivity contribution is 5.65. The number of rotatable bonds is 5. The van der Waals surface area contributed by atoms with Gasteiger partial charge in [0.05, 0.1) is 13.2 Å². The molecule has 0 unspecified atom stereocenters. The van der Waals surface area contributed by atoms with Crippen molar-refractivity contribution in [2.75, 3.05) is 56.2 Å². The molecule has 6 heteroatoms. The Bertz CT molecular complexity index is 702. The van der Waals surface area contributed by atoms with Crippen molar-refractivity contribution in [1.29, 1.82) is 0 Å². The zero-order valence-electron chi connectivity index (χ0n) is 14.5. The molecule has 4 rings (SSSR count). The normalized spacial score (nSPS) is 18.0. The molecule has 0 atom stereocenters. The average molecular weight is 339 g/mol. The lowest BCUT2D eigenvalue weighted by atomic mass is 10.0. The summed E-state index contributed by atoms with van der Waals surface area (Å²) < 4.78 is 5.38. The predicted octanol–water partition coefficient (Wildman–Crippen LogP) is 2.30. The first-order valence-corrected chi connectivity index (χ1v) is 9.12. The molecule has 1 saturated heterocycles. The van der Waals surface area contributed by atoms with Gasteiger partial charge in [-0.1, -0.05) is 18.2 Å². The number of benzene rings is 1. The molecule has 6 nitrogen and oxygen atoms in total. The lowest BCUT2D eigenvalue weighted by Crippen LogP contribution is -2.39. The Morgan fingerprint density at radius 2 is 1.96 bits per heavy atom. The van der Waals surface area contributed by atoms with E-state index in [1.54, 1.807) is 0 Å². The zero-order valence-corrected chi connectivity index (χ0v) is 14.5. The summed E-state index contributed by atoms with van der Waals surface area (Å²) in [5.74, 6) is 1.67. The molecule has 0 spiro atoms. The summed E-state index contributed by atoms with van der Waals surface area (Å²) in [5.41, 5.74) is 2.67. The van der Waals surface area contributed by atoms with Crippen molar-refractivity contribution >= 4 is 17.5 Å². The number of hydrogen-bond acceptors (Lipinski definition) is 6. The van der Waals surface area contributed by atoms with Crippen LogP contribution in [0.4, 0.5) is 17.5 Å². The molecule has 0 radical (unpaired) electrons. The van der Waals surface area contributed by atoms with Crippen LogP contribution in [0.1, 0.15) is 12.0 Å². The second kappa shape index (κ2) is 7.80. The van der Waals surface area contributed by atoms with Crippen molar-refractivity contribution in [3.63, 3.8) is 0 Å². The highest BCUT2D eigenvalue weighted by Crippen LogP contribution is 2.32. The third-order valence-corrected chi connectivity index (χ3v) is 4.84. The topological polar surface area (TPSA) is 53.5 Å². The fourth-order valence-corrected chi connectivity index (χ4v) is 3.51. The van der Waals surface area contributed by atoms with E-state index in [-0.39, 0.29) is 0 Å². The summed E-state index contributed by atoms with van der Waals surface area (Å²) >= 11 is 0. The van der Waals surface area contributed by atoms with E-state index < -0.39 is 0 Å². The van der Waals surface area contributed by atoms with Crippen LogP contribution in [0.3, 0.4) is 0 Å². The van der Waals surface area contributed by atoms with Gasteiger partial charge in [0.15, 0.2) is 0 Å². The van der Waals surface area contributed by atoms with E-state index in [9.17, 15) is 0 Å². The quantitative estimate of drug-likeness (QED) is 0.902. The van der Waals surface area contributed by atoms with Crippen molar-refractivity contribution in [2.24, 2.45) is 0 Å². The maximum Gasteiger partial charge on any atom is 0.224 e. The molecule has 132 valence electrons. The average Bonchev–Trinajstić information content (AvgIpc) is 2.69. The van der Waals surface area contributed by atoms with Crippen molar-refractivity contribution in [2.45, 2.75) is 12.8 Å². The number of fused-ring (bicyclic) bond motifs is 1. The van der Waals surface area contributed by atoms with Crippen molar-refractivity contribution < 1.29 is 4.74 Å². The summed E-state index contributed by atoms with van der Waals surface area (Å²) in [4.78, 5) is 13.8. The first-order valence-electron chi connectivity index (χ1n) is 9.12. The summed E-state index contributed by atoms with van der Waals surface area (Å²) in [5, 5.41) is 3.36. The van der Waals surface area contributed by atoms with Gasteiger partial charge in [0.2, 0.25) is 5.95 Å². The third kappa shape index (κ3) is 3.91. The molecule has 0 bridgehead atoms. The number of para-hydroxylation sites is 1. The van der Waals surface area contributed by atoms with Gasteiger partial charge in [-0.3, -0.25) is 4.90 Å². The van der Waals surface area contributed by atoms with Crippen molar-refractivity contribution in [1.82, 2.24) is 14.9 Å². The summed E-state index contributed by atoms with van der Waals surface area (Å²) in [6.07, 6.45) is 4.14. The van der Waals surface area contributed by atoms with Gasteiger partial charge in [-0.05, 0) is 30.5 Å². The van der Waals surface area contributed by atoms with Crippen LogP contribution in [0.15, 0.2) is 36.5 Å². The Balaban J connectivity index is 1.41. The standard InChI is InChI=1S/C19H25N5O/c1-2-6-17-16(4-1)5-3-10-24(17)18-7-8-20-19(22-18)21-9-11-23-12-14-25-15-13-23/h1-2,4,6-8H,3,5,9-15H2,(H,20,21,22). The first kappa shape index (κ1) is 16.3. The Morgan fingerprint density at radius 1 is 1.08 bits per heavy atom. The molecule has 1 aromatic heterocycles. The fourth-order valence-electron chi connectivity index (χ4n) is 3.51. The molecule has 2 aliphatic heterocycles. The number of ether oxygens (including phenoxy) is 1. The smallest absolute Gasteiger partial charge is 0.224 e. The molecule has 0 saturated carbocycles. The minimum atomic E-state index is 0.703. The Morgan fingerprint density at radius 3 is 2.88 bits per heavy atom. The molecule has 3 heterocycles. The Labute approximate surface area is 148 Å². The number of anilines is 3. The lowest BCUT2D eigenvalue weighted by Gasteiger charge is -2.30. The second-order valence-corrected chi connectivity index (χ2v) is 6.50. The van der Waals surface area contributed by atoms with Crippen molar-refractivity contribution in [3.05, 3.63) is 42.1 Å². The molecule has 2 aromatic rings. The highest BCUT2D eigenvalue weighted by atomic mass is 16.5. The number of nitrogens with one attached hydrogen (secondary N) is 1. The summed E-state index contributed by atoms with van der Waals surface area (Å²) in [6, 6.07) is 10.6. The minimum Gasteiger partial charge on any atom is -0.379 e. The molecule has 2 aliphatic rings. The monoisotopic (exact) mass is 339 g/mol. The lowest BCUT2D eigenvalue weighted by molar-refractivity contribution is 0.0398. The predicted molar refractivity (Wildman–Crippen MR) is 99.5 cm³/mol. The van der Waals surface area contributed by atoms with Crippen LogP contribution in [0.5, 0.6) is 0 Å². The van der Waals surface area contributed by atoms with Crippen LogP contribution < -0.4 is 10.2 Å². The van der Waals surface area contributed by atoms with Gasteiger partial charge in [0.1, 0.15) is 5.82 Å². The van der Waals surface area contributed by atoms with E-state index in [1.165, 1.54) is 11.3 Å². The SMILES string of the molecule is c1ccc2c(c1)CCCN2c1ccnc(NCCN2CCOCC2)n1. The number of aromatic nitrogens is 2. The van der Waals surface area contributed by atoms with Crippen LogP contribution in [-0.2, 0) is 11.2 Å². The van der Waals surface area contributed by atoms with E-state index in [0.717, 1.165) is 64.6 Å². The van der Waals surface area contributed by atoms with E-state index in [4.69, 9.17) is 9.72 Å². The summed E-state index contributed by atoms with van der Waals surface area (Å²) in [7, 11) is 0. The fraction of sp³-hybridized carbons (Fsp3) is 0.474. The van der Waals surface area contributed by atoms with Gasteiger partial charge in [-0.25, -0.2) is 4.98 Å². The Kier molecular flexibility index (Phi) is 5.09. The maximum atomic E-state index is 5.38. The molecule has 0 aliphatic carbocycles. The Hall–Kier alpha value is -2.18. The van der Waals surface area contributed by atoms with Gasteiger partial charge in [0.25, 0.3) is 0 Å². The molecule has 0 amide bonds. The van der Waals surface area contributed by atoms with Crippen LogP contribution in [0.2, 0.25) is 0 Å². The minimum absolute atomic E-state index is 0.703. The van der Waals surface area contributed by atoms with Crippen LogP contribution in [0.25, 0.3) is 0 Å². The molecular weight excluding hydrogens is 314 g/mol. The first-order chi connectivity index (χ1) is 12.4. The number of aryl methyl sites for hydroxylation is 1. The molecule has 1 N–H and O–H groups in total. The maximum absolute atomic E-state index is 5.38. The van der Waals surface area contributed by atoms with Crippen molar-refractivity contribution in [3.8, 4) is 0 Å².